The van der Waals surface area contributed by atoms with E-state index in [0.29, 0.717) is 25.3 Å². The summed E-state index contributed by atoms with van der Waals surface area (Å²) in [6.07, 6.45) is 0.471. The van der Waals surface area contributed by atoms with Gasteiger partial charge in [-0.1, -0.05) is 15.9 Å². The molecule has 1 aromatic rings. The largest absolute Gasteiger partial charge is 0.397 e. The maximum Gasteiger partial charge on any atom is 0.0640 e. The lowest BCUT2D eigenvalue weighted by molar-refractivity contribution is 0.205. The smallest absolute Gasteiger partial charge is 0.0640 e. The van der Waals surface area contributed by atoms with Crippen LogP contribution in [0.15, 0.2) is 22.7 Å². The van der Waals surface area contributed by atoms with Crippen molar-refractivity contribution >= 4 is 27.3 Å². The number of hydrogen-bond donors (Lipinski definition) is 1. The van der Waals surface area contributed by atoms with Crippen molar-refractivity contribution in [3.05, 3.63) is 22.7 Å². The number of ether oxygens (including phenoxy) is 1. The maximum absolute atomic E-state index is 8.65. The van der Waals surface area contributed by atoms with E-state index in [9.17, 15) is 0 Å². The SMILES string of the molecule is COCCN(CCC#N)c1ccc(Br)cc1N. The Bertz CT molecular complexity index is 403. The van der Waals surface area contributed by atoms with Gasteiger partial charge in [0.25, 0.3) is 0 Å². The second kappa shape index (κ2) is 7.15. The van der Waals surface area contributed by atoms with E-state index >= 15 is 0 Å². The standard InChI is InChI=1S/C12H16BrN3O/c1-17-8-7-16(6-2-5-14)12-4-3-10(13)9-11(12)15/h3-4,9H,2,6-8,15H2,1H3. The van der Waals surface area contributed by atoms with Crippen molar-refractivity contribution in [1.82, 2.24) is 0 Å². The lowest BCUT2D eigenvalue weighted by Crippen LogP contribution is -2.28. The predicted molar refractivity (Wildman–Crippen MR) is 72.9 cm³/mol. The van der Waals surface area contributed by atoms with Gasteiger partial charge in [-0.15, -0.1) is 0 Å². The van der Waals surface area contributed by atoms with Crippen LogP contribution in [0, 0.1) is 11.3 Å². The van der Waals surface area contributed by atoms with Gasteiger partial charge in [0.1, 0.15) is 0 Å². The van der Waals surface area contributed by atoms with Crippen LogP contribution in [0.3, 0.4) is 0 Å². The van der Waals surface area contributed by atoms with Crippen LogP contribution in [-0.4, -0.2) is 26.8 Å². The zero-order valence-electron chi connectivity index (χ0n) is 9.82. The van der Waals surface area contributed by atoms with Gasteiger partial charge in [-0.3, -0.25) is 0 Å². The molecule has 0 bridgehead atoms. The van der Waals surface area contributed by atoms with Crippen LogP contribution >= 0.6 is 15.9 Å². The summed E-state index contributed by atoms with van der Waals surface area (Å²) >= 11 is 3.38. The number of halogens is 1. The van der Waals surface area contributed by atoms with E-state index in [-0.39, 0.29) is 0 Å². The Kier molecular flexibility index (Phi) is 5.81. The van der Waals surface area contributed by atoms with Crippen molar-refractivity contribution in [3.8, 4) is 6.07 Å². The first-order valence-corrected chi connectivity index (χ1v) is 6.14. The molecule has 92 valence electrons. The molecule has 0 radical (unpaired) electrons. The highest BCUT2D eigenvalue weighted by Gasteiger charge is 2.09. The number of nitrogen functional groups attached to an aromatic ring is 1. The van der Waals surface area contributed by atoms with Crippen LogP contribution in [0.4, 0.5) is 11.4 Å². The molecular formula is C12H16BrN3O. The molecule has 0 aliphatic rings. The summed E-state index contributed by atoms with van der Waals surface area (Å²) in [5.41, 5.74) is 7.62. The third kappa shape index (κ3) is 4.25. The minimum absolute atomic E-state index is 0.471. The van der Waals surface area contributed by atoms with Gasteiger partial charge < -0.3 is 15.4 Å². The lowest BCUT2D eigenvalue weighted by atomic mass is 10.2. The van der Waals surface area contributed by atoms with Gasteiger partial charge in [0.15, 0.2) is 0 Å². The Balaban J connectivity index is 2.83. The fraction of sp³-hybridized carbons (Fsp3) is 0.417. The third-order valence-corrected chi connectivity index (χ3v) is 2.88. The second-order valence-electron chi connectivity index (χ2n) is 3.59. The number of nitrogens with zero attached hydrogens (tertiary/aromatic N) is 2. The molecule has 0 unspecified atom stereocenters. The minimum Gasteiger partial charge on any atom is -0.397 e. The molecule has 2 N–H and O–H groups in total. The van der Waals surface area contributed by atoms with Crippen LogP contribution < -0.4 is 10.6 Å². The Labute approximate surface area is 110 Å². The highest BCUT2D eigenvalue weighted by molar-refractivity contribution is 9.10. The number of benzene rings is 1. The maximum atomic E-state index is 8.65. The number of rotatable bonds is 6. The molecule has 0 aliphatic heterocycles. The minimum atomic E-state index is 0.471. The molecule has 0 heterocycles. The average molecular weight is 298 g/mol. The fourth-order valence-electron chi connectivity index (χ4n) is 1.55. The Morgan fingerprint density at radius 1 is 1.47 bits per heavy atom. The molecular weight excluding hydrogens is 282 g/mol. The van der Waals surface area contributed by atoms with Crippen LogP contribution in [-0.2, 0) is 4.74 Å². The highest BCUT2D eigenvalue weighted by atomic mass is 79.9. The van der Waals surface area contributed by atoms with Crippen LogP contribution in [0.5, 0.6) is 0 Å². The molecule has 5 heteroatoms. The summed E-state index contributed by atoms with van der Waals surface area (Å²) in [5, 5.41) is 8.65. The normalized spacial score (nSPS) is 9.94. The van der Waals surface area contributed by atoms with E-state index in [1.165, 1.54) is 0 Å². The molecule has 0 saturated heterocycles. The molecule has 0 aromatic heterocycles. The summed E-state index contributed by atoms with van der Waals surface area (Å²) in [6.45, 7) is 2.00. The molecule has 0 aliphatic carbocycles. The lowest BCUT2D eigenvalue weighted by Gasteiger charge is -2.25. The molecule has 0 atom stereocenters. The number of anilines is 2. The van der Waals surface area contributed by atoms with Gasteiger partial charge in [0.2, 0.25) is 0 Å². The second-order valence-corrected chi connectivity index (χ2v) is 4.51. The summed E-state index contributed by atoms with van der Waals surface area (Å²) in [6, 6.07) is 7.90. The summed E-state index contributed by atoms with van der Waals surface area (Å²) in [4.78, 5) is 2.06. The summed E-state index contributed by atoms with van der Waals surface area (Å²) < 4.78 is 6.01. The van der Waals surface area contributed by atoms with Crippen LogP contribution in [0.1, 0.15) is 6.42 Å². The van der Waals surface area contributed by atoms with Gasteiger partial charge in [-0.25, -0.2) is 0 Å². The van der Waals surface area contributed by atoms with Gasteiger partial charge >= 0.3 is 0 Å². The van der Waals surface area contributed by atoms with E-state index in [1.807, 2.05) is 18.2 Å². The van der Waals surface area contributed by atoms with E-state index in [1.54, 1.807) is 7.11 Å². The topological polar surface area (TPSA) is 62.3 Å². The molecule has 0 saturated carbocycles. The Morgan fingerprint density at radius 3 is 2.82 bits per heavy atom. The summed E-state index contributed by atoms with van der Waals surface area (Å²) in [5.74, 6) is 0. The summed E-state index contributed by atoms with van der Waals surface area (Å²) in [7, 11) is 1.66. The number of hydrogen-bond acceptors (Lipinski definition) is 4. The zero-order valence-corrected chi connectivity index (χ0v) is 11.4. The van der Waals surface area contributed by atoms with Crippen LogP contribution in [0.2, 0.25) is 0 Å². The Morgan fingerprint density at radius 2 is 2.24 bits per heavy atom. The number of nitrogens with two attached hydrogens (primary N) is 1. The van der Waals surface area contributed by atoms with Crippen molar-refractivity contribution in [2.24, 2.45) is 0 Å². The molecule has 0 fully saturated rings. The van der Waals surface area contributed by atoms with Crippen molar-refractivity contribution in [3.63, 3.8) is 0 Å². The van der Waals surface area contributed by atoms with Gasteiger partial charge in [0.05, 0.1) is 30.5 Å². The zero-order chi connectivity index (χ0) is 12.7. The van der Waals surface area contributed by atoms with Gasteiger partial charge in [-0.05, 0) is 18.2 Å². The first-order chi connectivity index (χ1) is 8.19. The van der Waals surface area contributed by atoms with E-state index in [4.69, 9.17) is 15.7 Å². The van der Waals surface area contributed by atoms with Crippen molar-refractivity contribution in [2.45, 2.75) is 6.42 Å². The first-order valence-electron chi connectivity index (χ1n) is 5.35. The van der Waals surface area contributed by atoms with E-state index in [2.05, 4.69) is 26.9 Å². The molecule has 1 aromatic carbocycles. The van der Waals surface area contributed by atoms with Crippen molar-refractivity contribution in [2.75, 3.05) is 37.4 Å². The monoisotopic (exact) mass is 297 g/mol. The van der Waals surface area contributed by atoms with E-state index < -0.39 is 0 Å². The van der Waals surface area contributed by atoms with Gasteiger partial charge in [0, 0.05) is 24.7 Å². The van der Waals surface area contributed by atoms with Gasteiger partial charge in [-0.2, -0.15) is 5.26 Å². The fourth-order valence-corrected chi connectivity index (χ4v) is 1.93. The molecule has 1 rings (SSSR count). The van der Waals surface area contributed by atoms with Crippen molar-refractivity contribution < 1.29 is 4.74 Å². The quantitative estimate of drug-likeness (QED) is 0.819. The molecule has 0 spiro atoms. The molecule has 4 nitrogen and oxygen atoms in total. The highest BCUT2D eigenvalue weighted by Crippen LogP contribution is 2.26. The van der Waals surface area contributed by atoms with Crippen LogP contribution in [0.25, 0.3) is 0 Å². The Hall–Kier alpha value is -1.25. The average Bonchev–Trinajstić information content (AvgIpc) is 2.30. The number of methoxy groups -OCH3 is 1. The molecule has 0 amide bonds. The third-order valence-electron chi connectivity index (χ3n) is 2.39. The number of nitriles is 1. The van der Waals surface area contributed by atoms with E-state index in [0.717, 1.165) is 16.7 Å². The first kappa shape index (κ1) is 13.8. The molecule has 17 heavy (non-hydrogen) atoms. The van der Waals surface area contributed by atoms with Crippen molar-refractivity contribution in [1.29, 1.82) is 5.26 Å². The predicted octanol–water partition coefficient (Wildman–Crippen LogP) is 2.40.